The number of nitrogens with zero attached hydrogens (tertiary/aromatic N) is 1. The number of aromatic nitrogens is 1. The van der Waals surface area contributed by atoms with Gasteiger partial charge >= 0.3 is 0 Å². The van der Waals surface area contributed by atoms with Gasteiger partial charge in [0.1, 0.15) is 0 Å². The molecule has 2 rings (SSSR count). The highest BCUT2D eigenvalue weighted by molar-refractivity contribution is 5.08. The minimum Gasteiger partial charge on any atom is -0.375 e. The SMILES string of the molecule is CCC1(CC)CC(NCc2cccnc2)CCO1. The molecule has 1 unspecified atom stereocenters. The normalized spacial score (nSPS) is 22.9. The molecule has 1 aliphatic heterocycles. The van der Waals surface area contributed by atoms with Gasteiger partial charge in [0.2, 0.25) is 0 Å². The summed E-state index contributed by atoms with van der Waals surface area (Å²) in [6, 6.07) is 4.68. The van der Waals surface area contributed by atoms with Crippen molar-refractivity contribution in [3.63, 3.8) is 0 Å². The van der Waals surface area contributed by atoms with E-state index in [1.54, 1.807) is 0 Å². The molecule has 1 fully saturated rings. The first kappa shape index (κ1) is 13.5. The van der Waals surface area contributed by atoms with Crippen molar-refractivity contribution >= 4 is 0 Å². The van der Waals surface area contributed by atoms with Gasteiger partial charge in [0.25, 0.3) is 0 Å². The molecule has 0 amide bonds. The summed E-state index contributed by atoms with van der Waals surface area (Å²) in [7, 11) is 0. The minimum atomic E-state index is 0.102. The van der Waals surface area contributed by atoms with Gasteiger partial charge < -0.3 is 10.1 Å². The first-order valence-electron chi connectivity index (χ1n) is 7.04. The predicted molar refractivity (Wildman–Crippen MR) is 73.4 cm³/mol. The van der Waals surface area contributed by atoms with E-state index in [0.717, 1.165) is 38.8 Å². The lowest BCUT2D eigenvalue weighted by Crippen LogP contribution is -2.46. The Balaban J connectivity index is 1.86. The van der Waals surface area contributed by atoms with Crippen molar-refractivity contribution in [2.45, 2.75) is 57.7 Å². The zero-order valence-corrected chi connectivity index (χ0v) is 11.5. The monoisotopic (exact) mass is 248 g/mol. The van der Waals surface area contributed by atoms with E-state index in [0.29, 0.717) is 6.04 Å². The Morgan fingerprint density at radius 2 is 2.28 bits per heavy atom. The molecule has 0 radical (unpaired) electrons. The van der Waals surface area contributed by atoms with Crippen LogP contribution in [0.2, 0.25) is 0 Å². The van der Waals surface area contributed by atoms with Crippen LogP contribution < -0.4 is 5.32 Å². The van der Waals surface area contributed by atoms with Crippen molar-refractivity contribution in [3.8, 4) is 0 Å². The number of rotatable bonds is 5. The molecule has 1 aromatic heterocycles. The van der Waals surface area contributed by atoms with Crippen LogP contribution in [0.1, 0.15) is 45.1 Å². The molecule has 1 aromatic rings. The van der Waals surface area contributed by atoms with Gasteiger partial charge in [-0.05, 0) is 37.3 Å². The summed E-state index contributed by atoms with van der Waals surface area (Å²) in [6.07, 6.45) is 8.20. The summed E-state index contributed by atoms with van der Waals surface area (Å²) in [6.45, 7) is 6.24. The molecule has 1 N–H and O–H groups in total. The summed E-state index contributed by atoms with van der Waals surface area (Å²) >= 11 is 0. The van der Waals surface area contributed by atoms with Crippen LogP contribution in [0.25, 0.3) is 0 Å². The Hall–Kier alpha value is -0.930. The molecule has 3 nitrogen and oxygen atoms in total. The Morgan fingerprint density at radius 1 is 1.44 bits per heavy atom. The predicted octanol–water partition coefficient (Wildman–Crippen LogP) is 2.91. The van der Waals surface area contributed by atoms with E-state index >= 15 is 0 Å². The van der Waals surface area contributed by atoms with E-state index in [2.05, 4.69) is 30.2 Å². The third kappa shape index (κ3) is 3.30. The summed E-state index contributed by atoms with van der Waals surface area (Å²) in [4.78, 5) is 4.14. The third-order valence-corrected chi connectivity index (χ3v) is 4.10. The smallest absolute Gasteiger partial charge is 0.0692 e. The van der Waals surface area contributed by atoms with Crippen LogP contribution in [0.15, 0.2) is 24.5 Å². The van der Waals surface area contributed by atoms with Crippen molar-refractivity contribution in [3.05, 3.63) is 30.1 Å². The number of pyridine rings is 1. The van der Waals surface area contributed by atoms with Gasteiger partial charge in [-0.3, -0.25) is 4.98 Å². The second kappa shape index (κ2) is 6.30. The second-order valence-corrected chi connectivity index (χ2v) is 5.17. The van der Waals surface area contributed by atoms with Gasteiger partial charge in [0, 0.05) is 31.6 Å². The average Bonchev–Trinajstić information content (AvgIpc) is 2.46. The fraction of sp³-hybridized carbons (Fsp3) is 0.667. The first-order valence-corrected chi connectivity index (χ1v) is 7.04. The lowest BCUT2D eigenvalue weighted by molar-refractivity contribution is -0.0932. The van der Waals surface area contributed by atoms with Crippen molar-refractivity contribution < 1.29 is 4.74 Å². The molecule has 2 heterocycles. The van der Waals surface area contributed by atoms with E-state index in [9.17, 15) is 0 Å². The Labute approximate surface area is 110 Å². The van der Waals surface area contributed by atoms with E-state index in [1.165, 1.54) is 5.56 Å². The van der Waals surface area contributed by atoms with Crippen LogP contribution in [0.5, 0.6) is 0 Å². The number of ether oxygens (including phenoxy) is 1. The van der Waals surface area contributed by atoms with Gasteiger partial charge in [-0.2, -0.15) is 0 Å². The molecule has 100 valence electrons. The quantitative estimate of drug-likeness (QED) is 0.870. The summed E-state index contributed by atoms with van der Waals surface area (Å²) < 4.78 is 5.99. The summed E-state index contributed by atoms with van der Waals surface area (Å²) in [5.74, 6) is 0. The van der Waals surface area contributed by atoms with Crippen LogP contribution in [-0.2, 0) is 11.3 Å². The molecule has 1 atom stereocenters. The van der Waals surface area contributed by atoms with E-state index in [1.807, 2.05) is 18.5 Å². The van der Waals surface area contributed by atoms with Crippen LogP contribution in [0, 0.1) is 0 Å². The van der Waals surface area contributed by atoms with Crippen molar-refractivity contribution in [2.24, 2.45) is 0 Å². The maximum absolute atomic E-state index is 5.99. The molecule has 3 heteroatoms. The second-order valence-electron chi connectivity index (χ2n) is 5.17. The molecule has 0 aliphatic carbocycles. The lowest BCUT2D eigenvalue weighted by atomic mass is 9.86. The van der Waals surface area contributed by atoms with Crippen LogP contribution >= 0.6 is 0 Å². The van der Waals surface area contributed by atoms with Crippen LogP contribution in [-0.4, -0.2) is 23.2 Å². The van der Waals surface area contributed by atoms with Gasteiger partial charge in [0.15, 0.2) is 0 Å². The highest BCUT2D eigenvalue weighted by Gasteiger charge is 2.34. The number of hydrogen-bond donors (Lipinski definition) is 1. The number of hydrogen-bond acceptors (Lipinski definition) is 3. The maximum atomic E-state index is 5.99. The Kier molecular flexibility index (Phi) is 4.72. The average molecular weight is 248 g/mol. The van der Waals surface area contributed by atoms with Gasteiger partial charge in [-0.15, -0.1) is 0 Å². The zero-order valence-electron chi connectivity index (χ0n) is 11.5. The zero-order chi connectivity index (χ0) is 12.8. The Morgan fingerprint density at radius 3 is 2.94 bits per heavy atom. The summed E-state index contributed by atoms with van der Waals surface area (Å²) in [5, 5.41) is 3.64. The fourth-order valence-corrected chi connectivity index (χ4v) is 2.71. The standard InChI is InChI=1S/C15H24N2O/c1-3-15(4-2)10-14(7-9-18-15)17-12-13-6-5-8-16-11-13/h5-6,8,11,14,17H,3-4,7,9-10,12H2,1-2H3. The topological polar surface area (TPSA) is 34.2 Å². The van der Waals surface area contributed by atoms with Gasteiger partial charge in [0.05, 0.1) is 5.60 Å². The highest BCUT2D eigenvalue weighted by atomic mass is 16.5. The van der Waals surface area contributed by atoms with Gasteiger partial charge in [-0.25, -0.2) is 0 Å². The van der Waals surface area contributed by atoms with Crippen molar-refractivity contribution in [2.75, 3.05) is 6.61 Å². The lowest BCUT2D eigenvalue weighted by Gasteiger charge is -2.40. The fourth-order valence-electron chi connectivity index (χ4n) is 2.71. The van der Waals surface area contributed by atoms with Crippen molar-refractivity contribution in [1.82, 2.24) is 10.3 Å². The molecule has 0 spiro atoms. The third-order valence-electron chi connectivity index (χ3n) is 4.10. The molecule has 18 heavy (non-hydrogen) atoms. The van der Waals surface area contributed by atoms with E-state index in [4.69, 9.17) is 4.74 Å². The molecular formula is C15H24N2O. The molecule has 0 aromatic carbocycles. The van der Waals surface area contributed by atoms with Crippen molar-refractivity contribution in [1.29, 1.82) is 0 Å². The molecule has 0 saturated carbocycles. The largest absolute Gasteiger partial charge is 0.375 e. The summed E-state index contributed by atoms with van der Waals surface area (Å²) in [5.41, 5.74) is 1.35. The Bertz CT molecular complexity index is 349. The van der Waals surface area contributed by atoms with Crippen LogP contribution in [0.3, 0.4) is 0 Å². The minimum absolute atomic E-state index is 0.102. The van der Waals surface area contributed by atoms with Crippen LogP contribution in [0.4, 0.5) is 0 Å². The highest BCUT2D eigenvalue weighted by Crippen LogP contribution is 2.31. The first-order chi connectivity index (χ1) is 8.78. The van der Waals surface area contributed by atoms with E-state index in [-0.39, 0.29) is 5.60 Å². The maximum Gasteiger partial charge on any atom is 0.0692 e. The number of nitrogens with one attached hydrogen (secondary N) is 1. The molecule has 0 bridgehead atoms. The van der Waals surface area contributed by atoms with Gasteiger partial charge in [-0.1, -0.05) is 19.9 Å². The molecule has 1 saturated heterocycles. The van der Waals surface area contributed by atoms with E-state index < -0.39 is 0 Å². The molecule has 1 aliphatic rings. The molecular weight excluding hydrogens is 224 g/mol.